The third kappa shape index (κ3) is 4.74. The lowest BCUT2D eigenvalue weighted by Gasteiger charge is -2.20. The monoisotopic (exact) mass is 237 g/mol. The molecule has 0 radical (unpaired) electrons. The number of nitrogens with zero attached hydrogens (tertiary/aromatic N) is 3. The third-order valence-corrected chi connectivity index (χ3v) is 3.41. The topological polar surface area (TPSA) is 47.3 Å². The average molecular weight is 237 g/mol. The Balaban J connectivity index is 2.25. The van der Waals surface area contributed by atoms with Crippen molar-refractivity contribution in [1.82, 2.24) is 9.80 Å². The van der Waals surface area contributed by atoms with E-state index in [9.17, 15) is 4.79 Å². The molecule has 96 valence electrons. The first kappa shape index (κ1) is 14.0. The first-order valence-corrected chi connectivity index (χ1v) is 6.50. The Morgan fingerprint density at radius 2 is 2.35 bits per heavy atom. The largest absolute Gasteiger partial charge is 0.344 e. The number of nitriles is 1. The van der Waals surface area contributed by atoms with E-state index < -0.39 is 0 Å². The van der Waals surface area contributed by atoms with Crippen LogP contribution in [0.1, 0.15) is 32.6 Å². The first-order valence-electron chi connectivity index (χ1n) is 6.50. The van der Waals surface area contributed by atoms with Crippen molar-refractivity contribution in [3.63, 3.8) is 0 Å². The van der Waals surface area contributed by atoms with Gasteiger partial charge in [0.25, 0.3) is 0 Å². The van der Waals surface area contributed by atoms with Gasteiger partial charge in [-0.3, -0.25) is 9.69 Å². The van der Waals surface area contributed by atoms with E-state index in [2.05, 4.69) is 17.9 Å². The molecule has 17 heavy (non-hydrogen) atoms. The highest BCUT2D eigenvalue weighted by Crippen LogP contribution is 2.20. The number of likely N-dealkylation sites (N-methyl/N-ethyl adjacent to an activating group) is 1. The molecule has 4 nitrogen and oxygen atoms in total. The zero-order valence-corrected chi connectivity index (χ0v) is 11.0. The van der Waals surface area contributed by atoms with Crippen LogP contribution < -0.4 is 0 Å². The molecular weight excluding hydrogens is 214 g/mol. The number of amides is 1. The minimum atomic E-state index is 0.136. The Kier molecular flexibility index (Phi) is 5.99. The number of carbonyl (C=O) groups excluding carboxylic acids is 1. The van der Waals surface area contributed by atoms with Crippen molar-refractivity contribution in [1.29, 1.82) is 5.26 Å². The smallest absolute Gasteiger partial charge is 0.236 e. The van der Waals surface area contributed by atoms with Crippen LogP contribution in [0.5, 0.6) is 0 Å². The van der Waals surface area contributed by atoms with Gasteiger partial charge < -0.3 is 4.90 Å². The lowest BCUT2D eigenvalue weighted by atomic mass is 10.0. The van der Waals surface area contributed by atoms with Gasteiger partial charge in [0.15, 0.2) is 0 Å². The van der Waals surface area contributed by atoms with E-state index in [0.717, 1.165) is 19.0 Å². The molecule has 0 N–H and O–H groups in total. The van der Waals surface area contributed by atoms with E-state index in [4.69, 9.17) is 5.26 Å². The second kappa shape index (κ2) is 7.29. The molecular formula is C13H23N3O. The summed E-state index contributed by atoms with van der Waals surface area (Å²) < 4.78 is 0. The Bertz CT molecular complexity index is 285. The predicted octanol–water partition coefficient (Wildman–Crippen LogP) is 1.48. The zero-order valence-electron chi connectivity index (χ0n) is 11.0. The van der Waals surface area contributed by atoms with Gasteiger partial charge in [-0.25, -0.2) is 0 Å². The number of carbonyl (C=O) groups is 1. The lowest BCUT2D eigenvalue weighted by Crippen LogP contribution is -2.37. The Hall–Kier alpha value is -1.08. The molecule has 1 saturated heterocycles. The molecule has 0 saturated carbocycles. The van der Waals surface area contributed by atoms with E-state index >= 15 is 0 Å². The zero-order chi connectivity index (χ0) is 12.7. The second-order valence-electron chi connectivity index (χ2n) is 4.90. The van der Waals surface area contributed by atoms with Crippen LogP contribution >= 0.6 is 0 Å². The van der Waals surface area contributed by atoms with Gasteiger partial charge in [-0.2, -0.15) is 5.26 Å². The molecule has 1 aliphatic heterocycles. The van der Waals surface area contributed by atoms with Gasteiger partial charge in [-0.1, -0.05) is 13.3 Å². The first-order chi connectivity index (χ1) is 8.17. The summed E-state index contributed by atoms with van der Waals surface area (Å²) in [6.07, 6.45) is 4.15. The van der Waals surface area contributed by atoms with Gasteiger partial charge in [0.1, 0.15) is 0 Å². The Labute approximate surface area is 104 Å². The van der Waals surface area contributed by atoms with E-state index in [-0.39, 0.29) is 5.91 Å². The van der Waals surface area contributed by atoms with Crippen LogP contribution in [0.4, 0.5) is 0 Å². The van der Waals surface area contributed by atoms with Crippen LogP contribution in [0.15, 0.2) is 0 Å². The minimum Gasteiger partial charge on any atom is -0.344 e. The molecule has 1 unspecified atom stereocenters. The maximum absolute atomic E-state index is 11.8. The molecule has 1 aliphatic rings. The van der Waals surface area contributed by atoms with Gasteiger partial charge >= 0.3 is 0 Å². The summed E-state index contributed by atoms with van der Waals surface area (Å²) in [6, 6.07) is 2.06. The van der Waals surface area contributed by atoms with Crippen molar-refractivity contribution in [2.24, 2.45) is 5.92 Å². The van der Waals surface area contributed by atoms with Crippen LogP contribution in [0.2, 0.25) is 0 Å². The highest BCUT2D eigenvalue weighted by Gasteiger charge is 2.24. The molecule has 1 heterocycles. The van der Waals surface area contributed by atoms with Crippen molar-refractivity contribution in [3.05, 3.63) is 0 Å². The molecule has 1 atom stereocenters. The summed E-state index contributed by atoms with van der Waals surface area (Å²) in [6.45, 7) is 5.38. The van der Waals surface area contributed by atoms with Crippen LogP contribution in [0.25, 0.3) is 0 Å². The summed E-state index contributed by atoms with van der Waals surface area (Å²) in [4.78, 5) is 15.7. The maximum atomic E-state index is 11.8. The molecule has 0 aliphatic carbocycles. The normalized spacial score (nSPS) is 20.2. The SMILES string of the molecule is CCCC1CCN(CC(=O)N(C)CCC#N)C1. The van der Waals surface area contributed by atoms with Gasteiger partial charge in [-0.05, 0) is 25.3 Å². The Morgan fingerprint density at radius 1 is 1.59 bits per heavy atom. The molecule has 0 aromatic heterocycles. The molecule has 1 fully saturated rings. The van der Waals surface area contributed by atoms with Crippen molar-refractivity contribution in [2.45, 2.75) is 32.6 Å². The molecule has 1 amide bonds. The van der Waals surface area contributed by atoms with Crippen LogP contribution in [0, 0.1) is 17.2 Å². The molecule has 0 aromatic rings. The fraction of sp³-hybridized carbons (Fsp3) is 0.846. The van der Waals surface area contributed by atoms with Crippen LogP contribution in [0.3, 0.4) is 0 Å². The molecule has 0 aromatic carbocycles. The average Bonchev–Trinajstić information content (AvgIpc) is 2.74. The van der Waals surface area contributed by atoms with Crippen molar-refractivity contribution < 1.29 is 4.79 Å². The Morgan fingerprint density at radius 3 is 3.00 bits per heavy atom. The molecule has 0 spiro atoms. The summed E-state index contributed by atoms with van der Waals surface area (Å²) in [5.41, 5.74) is 0. The summed E-state index contributed by atoms with van der Waals surface area (Å²) in [5, 5.41) is 8.48. The number of rotatable bonds is 6. The van der Waals surface area contributed by atoms with E-state index in [1.165, 1.54) is 19.3 Å². The van der Waals surface area contributed by atoms with E-state index in [1.807, 2.05) is 0 Å². The predicted molar refractivity (Wildman–Crippen MR) is 67.3 cm³/mol. The highest BCUT2D eigenvalue weighted by molar-refractivity contribution is 5.78. The van der Waals surface area contributed by atoms with Gasteiger partial charge in [0.2, 0.25) is 5.91 Å². The summed E-state index contributed by atoms with van der Waals surface area (Å²) in [7, 11) is 1.78. The van der Waals surface area contributed by atoms with E-state index in [0.29, 0.717) is 19.5 Å². The number of likely N-dealkylation sites (tertiary alicyclic amines) is 1. The maximum Gasteiger partial charge on any atom is 0.236 e. The standard InChI is InChI=1S/C13H23N3O/c1-3-5-12-6-9-16(10-12)11-13(17)15(2)8-4-7-14/h12H,3-6,8-11H2,1-2H3. The molecule has 1 rings (SSSR count). The van der Waals surface area contributed by atoms with Crippen molar-refractivity contribution in [2.75, 3.05) is 33.2 Å². The molecule has 4 heteroatoms. The van der Waals surface area contributed by atoms with Crippen molar-refractivity contribution in [3.8, 4) is 6.07 Å². The third-order valence-electron chi connectivity index (χ3n) is 3.41. The molecule has 0 bridgehead atoms. The van der Waals surface area contributed by atoms with Crippen molar-refractivity contribution >= 4 is 5.91 Å². The highest BCUT2D eigenvalue weighted by atomic mass is 16.2. The fourth-order valence-electron chi connectivity index (χ4n) is 2.35. The summed E-state index contributed by atoms with van der Waals surface area (Å²) in [5.74, 6) is 0.912. The second-order valence-corrected chi connectivity index (χ2v) is 4.90. The van der Waals surface area contributed by atoms with Gasteiger partial charge in [0, 0.05) is 20.1 Å². The lowest BCUT2D eigenvalue weighted by molar-refractivity contribution is -0.130. The van der Waals surface area contributed by atoms with E-state index in [1.54, 1.807) is 11.9 Å². The summed E-state index contributed by atoms with van der Waals surface area (Å²) >= 11 is 0. The number of hydrogen-bond acceptors (Lipinski definition) is 3. The number of hydrogen-bond donors (Lipinski definition) is 0. The van der Waals surface area contributed by atoms with Crippen LogP contribution in [-0.2, 0) is 4.79 Å². The van der Waals surface area contributed by atoms with Gasteiger partial charge in [-0.15, -0.1) is 0 Å². The van der Waals surface area contributed by atoms with Crippen LogP contribution in [-0.4, -0.2) is 48.9 Å². The fourth-order valence-corrected chi connectivity index (χ4v) is 2.35. The van der Waals surface area contributed by atoms with Gasteiger partial charge in [0.05, 0.1) is 19.0 Å². The quantitative estimate of drug-likeness (QED) is 0.703. The minimum absolute atomic E-state index is 0.136.